The predicted octanol–water partition coefficient (Wildman–Crippen LogP) is 3.73. The van der Waals surface area contributed by atoms with Crippen molar-refractivity contribution < 1.29 is 9.59 Å². The van der Waals surface area contributed by atoms with E-state index in [0.29, 0.717) is 11.3 Å². The number of nitrogens with zero attached hydrogens (tertiary/aromatic N) is 1. The van der Waals surface area contributed by atoms with Gasteiger partial charge in [-0.25, -0.2) is 0 Å². The van der Waals surface area contributed by atoms with E-state index in [4.69, 9.17) is 5.73 Å². The number of para-hydroxylation sites is 1. The van der Waals surface area contributed by atoms with Crippen molar-refractivity contribution in [3.05, 3.63) is 102 Å². The standard InChI is InChI=1S/C25H21N3O2/c26-24(29)23(16-21-15-14-19-8-4-5-9-22(19)27-21)28-25(30)20-12-10-18(11-13-20)17-6-2-1-3-7-17/h1-15,23H,16H2,(H2,26,29)(H,28,30)/t23-/m0/s1. The van der Waals surface area contributed by atoms with E-state index in [9.17, 15) is 9.59 Å². The second-order valence-electron chi connectivity index (χ2n) is 7.07. The van der Waals surface area contributed by atoms with E-state index < -0.39 is 11.9 Å². The minimum absolute atomic E-state index is 0.230. The first-order valence-electron chi connectivity index (χ1n) is 9.70. The van der Waals surface area contributed by atoms with Crippen LogP contribution in [-0.2, 0) is 11.2 Å². The number of carbonyl (C=O) groups excluding carboxylic acids is 2. The van der Waals surface area contributed by atoms with Gasteiger partial charge >= 0.3 is 0 Å². The van der Waals surface area contributed by atoms with E-state index in [1.807, 2.05) is 78.9 Å². The number of hydrogen-bond acceptors (Lipinski definition) is 3. The lowest BCUT2D eigenvalue weighted by atomic mass is 10.0. The molecule has 0 aliphatic rings. The highest BCUT2D eigenvalue weighted by atomic mass is 16.2. The molecule has 148 valence electrons. The lowest BCUT2D eigenvalue weighted by Gasteiger charge is -2.16. The molecule has 4 rings (SSSR count). The van der Waals surface area contributed by atoms with Gasteiger partial charge in [0.1, 0.15) is 6.04 Å². The number of nitrogens with two attached hydrogens (primary N) is 1. The predicted molar refractivity (Wildman–Crippen MR) is 118 cm³/mol. The summed E-state index contributed by atoms with van der Waals surface area (Å²) in [4.78, 5) is 29.2. The normalized spacial score (nSPS) is 11.7. The second kappa shape index (κ2) is 8.57. The molecule has 1 atom stereocenters. The Hall–Kier alpha value is -3.99. The summed E-state index contributed by atoms with van der Waals surface area (Å²) in [5.74, 6) is -0.946. The zero-order valence-corrected chi connectivity index (χ0v) is 16.3. The smallest absolute Gasteiger partial charge is 0.251 e. The van der Waals surface area contributed by atoms with Gasteiger partial charge in [0.15, 0.2) is 0 Å². The molecule has 2 amide bonds. The zero-order chi connectivity index (χ0) is 20.9. The van der Waals surface area contributed by atoms with E-state index in [1.165, 1.54) is 0 Å². The monoisotopic (exact) mass is 395 g/mol. The molecule has 0 bridgehead atoms. The maximum absolute atomic E-state index is 12.7. The number of hydrogen-bond donors (Lipinski definition) is 2. The molecule has 5 heteroatoms. The summed E-state index contributed by atoms with van der Waals surface area (Å²) in [5.41, 5.74) is 9.62. The van der Waals surface area contributed by atoms with Crippen LogP contribution in [0.5, 0.6) is 0 Å². The molecule has 5 nitrogen and oxygen atoms in total. The molecule has 1 heterocycles. The van der Waals surface area contributed by atoms with Crippen LogP contribution in [0.15, 0.2) is 91.0 Å². The highest BCUT2D eigenvalue weighted by molar-refractivity contribution is 5.97. The van der Waals surface area contributed by atoms with Crippen LogP contribution in [0.1, 0.15) is 16.1 Å². The third kappa shape index (κ3) is 4.36. The summed E-state index contributed by atoms with van der Waals surface area (Å²) in [6, 6.07) is 27.8. The molecule has 3 N–H and O–H groups in total. The van der Waals surface area contributed by atoms with Gasteiger partial charge in [-0.2, -0.15) is 0 Å². The summed E-state index contributed by atoms with van der Waals surface area (Å²) in [7, 11) is 0. The van der Waals surface area contributed by atoms with Crippen LogP contribution < -0.4 is 11.1 Å². The Balaban J connectivity index is 1.48. The third-order valence-corrected chi connectivity index (χ3v) is 4.97. The topological polar surface area (TPSA) is 85.1 Å². The van der Waals surface area contributed by atoms with Gasteiger partial charge in [0, 0.05) is 23.1 Å². The van der Waals surface area contributed by atoms with E-state index >= 15 is 0 Å². The number of amides is 2. The van der Waals surface area contributed by atoms with E-state index in [2.05, 4.69) is 10.3 Å². The van der Waals surface area contributed by atoms with Gasteiger partial charge in [-0.05, 0) is 35.4 Å². The Labute approximate surface area is 174 Å². The van der Waals surface area contributed by atoms with Gasteiger partial charge in [0.2, 0.25) is 5.91 Å². The molecule has 3 aromatic carbocycles. The fourth-order valence-electron chi connectivity index (χ4n) is 3.34. The maximum atomic E-state index is 12.7. The molecular weight excluding hydrogens is 374 g/mol. The Morgan fingerprint density at radius 1 is 0.800 bits per heavy atom. The quantitative estimate of drug-likeness (QED) is 0.522. The lowest BCUT2D eigenvalue weighted by molar-refractivity contribution is -0.119. The summed E-state index contributed by atoms with van der Waals surface area (Å²) >= 11 is 0. The summed E-state index contributed by atoms with van der Waals surface area (Å²) in [6.45, 7) is 0. The first kappa shape index (κ1) is 19.3. The lowest BCUT2D eigenvalue weighted by Crippen LogP contribution is -2.46. The molecule has 0 spiro atoms. The number of aromatic nitrogens is 1. The third-order valence-electron chi connectivity index (χ3n) is 4.97. The molecule has 0 aliphatic heterocycles. The van der Waals surface area contributed by atoms with Gasteiger partial charge in [0.05, 0.1) is 5.52 Å². The average molecular weight is 395 g/mol. The van der Waals surface area contributed by atoms with Crippen molar-refractivity contribution in [3.63, 3.8) is 0 Å². The van der Waals surface area contributed by atoms with Crippen molar-refractivity contribution in [2.75, 3.05) is 0 Å². The highest BCUT2D eigenvalue weighted by Gasteiger charge is 2.20. The molecule has 0 fully saturated rings. The molecule has 30 heavy (non-hydrogen) atoms. The zero-order valence-electron chi connectivity index (χ0n) is 16.3. The van der Waals surface area contributed by atoms with Crippen LogP contribution in [0.4, 0.5) is 0 Å². The van der Waals surface area contributed by atoms with Crippen molar-refractivity contribution in [3.8, 4) is 11.1 Å². The van der Waals surface area contributed by atoms with Crippen LogP contribution in [-0.4, -0.2) is 22.8 Å². The van der Waals surface area contributed by atoms with Crippen molar-refractivity contribution >= 4 is 22.7 Å². The maximum Gasteiger partial charge on any atom is 0.251 e. The number of primary amides is 1. The number of carbonyl (C=O) groups is 2. The number of pyridine rings is 1. The second-order valence-corrected chi connectivity index (χ2v) is 7.07. The minimum Gasteiger partial charge on any atom is -0.368 e. The minimum atomic E-state index is -0.847. The first-order valence-corrected chi connectivity index (χ1v) is 9.70. The summed E-state index contributed by atoms with van der Waals surface area (Å²) in [6.07, 6.45) is 0.230. The number of fused-ring (bicyclic) bond motifs is 1. The van der Waals surface area contributed by atoms with Crippen LogP contribution in [0.25, 0.3) is 22.0 Å². The SMILES string of the molecule is NC(=O)[C@H](Cc1ccc2ccccc2n1)NC(=O)c1ccc(-c2ccccc2)cc1. The van der Waals surface area contributed by atoms with E-state index in [1.54, 1.807) is 12.1 Å². The van der Waals surface area contributed by atoms with Crippen LogP contribution in [0.3, 0.4) is 0 Å². The molecule has 0 aliphatic carbocycles. The van der Waals surface area contributed by atoms with Gasteiger partial charge in [-0.1, -0.05) is 66.7 Å². The van der Waals surface area contributed by atoms with Crippen LogP contribution in [0.2, 0.25) is 0 Å². The van der Waals surface area contributed by atoms with Gasteiger partial charge < -0.3 is 11.1 Å². The summed E-state index contributed by atoms with van der Waals surface area (Å²) in [5, 5.41) is 3.75. The van der Waals surface area contributed by atoms with Gasteiger partial charge in [-0.3, -0.25) is 14.6 Å². The fraction of sp³-hybridized carbons (Fsp3) is 0.0800. The molecule has 0 radical (unpaired) electrons. The number of benzene rings is 3. The van der Waals surface area contributed by atoms with Crippen LogP contribution >= 0.6 is 0 Å². The van der Waals surface area contributed by atoms with Gasteiger partial charge in [0.25, 0.3) is 5.91 Å². The van der Waals surface area contributed by atoms with Crippen LogP contribution in [0, 0.1) is 0 Å². The van der Waals surface area contributed by atoms with Crippen molar-refractivity contribution in [2.45, 2.75) is 12.5 Å². The van der Waals surface area contributed by atoms with Crippen molar-refractivity contribution in [1.29, 1.82) is 0 Å². The van der Waals surface area contributed by atoms with Crippen molar-refractivity contribution in [1.82, 2.24) is 10.3 Å². The van der Waals surface area contributed by atoms with Gasteiger partial charge in [-0.15, -0.1) is 0 Å². The van der Waals surface area contributed by atoms with Crippen molar-refractivity contribution in [2.24, 2.45) is 5.73 Å². The molecular formula is C25H21N3O2. The van der Waals surface area contributed by atoms with E-state index in [0.717, 1.165) is 22.0 Å². The van der Waals surface area contributed by atoms with E-state index in [-0.39, 0.29) is 12.3 Å². The summed E-state index contributed by atoms with van der Waals surface area (Å²) < 4.78 is 0. The molecule has 0 saturated heterocycles. The molecule has 1 aromatic heterocycles. The largest absolute Gasteiger partial charge is 0.368 e. The molecule has 0 saturated carbocycles. The average Bonchev–Trinajstić information content (AvgIpc) is 2.79. The fourth-order valence-corrected chi connectivity index (χ4v) is 3.34. The first-order chi connectivity index (χ1) is 14.6. The Bertz CT molecular complexity index is 1190. The Morgan fingerprint density at radius 2 is 1.47 bits per heavy atom. The number of rotatable bonds is 6. The molecule has 4 aromatic rings. The Kier molecular flexibility index (Phi) is 5.52. The highest BCUT2D eigenvalue weighted by Crippen LogP contribution is 2.19. The molecule has 0 unspecified atom stereocenters. The number of nitrogens with one attached hydrogen (secondary N) is 1. The Morgan fingerprint density at radius 3 is 2.20 bits per heavy atom.